The van der Waals surface area contributed by atoms with Crippen LogP contribution in [0, 0.1) is 17.8 Å². The molecule has 170 valence electrons. The molecule has 0 radical (unpaired) electrons. The molecule has 3 fully saturated rings. The quantitative estimate of drug-likeness (QED) is 0.721. The maximum absolute atomic E-state index is 13.1. The van der Waals surface area contributed by atoms with Gasteiger partial charge in [0, 0.05) is 64.8 Å². The molecule has 0 aliphatic carbocycles. The summed E-state index contributed by atoms with van der Waals surface area (Å²) >= 11 is 0. The van der Waals surface area contributed by atoms with Crippen LogP contribution in [0.3, 0.4) is 0 Å². The number of piperazine rings is 1. The number of nitrogens with zero attached hydrogens (tertiary/aromatic N) is 6. The van der Waals surface area contributed by atoms with E-state index >= 15 is 0 Å². The summed E-state index contributed by atoms with van der Waals surface area (Å²) in [5, 5.41) is 0. The van der Waals surface area contributed by atoms with Crippen molar-refractivity contribution in [2.45, 2.75) is 33.1 Å². The zero-order chi connectivity index (χ0) is 21.8. The zero-order valence-electron chi connectivity index (χ0n) is 18.9. The number of rotatable bonds is 4. The first-order valence-corrected chi connectivity index (χ1v) is 11.8. The first-order chi connectivity index (χ1) is 15.0. The van der Waals surface area contributed by atoms with E-state index < -0.39 is 0 Å². The number of carbonyl (C=O) groups excluding carboxylic acids is 2. The predicted octanol–water partition coefficient (Wildman–Crippen LogP) is 1.34. The molecule has 4 heterocycles. The Kier molecular flexibility index (Phi) is 7.05. The average molecular weight is 429 g/mol. The van der Waals surface area contributed by atoms with Gasteiger partial charge in [0.15, 0.2) is 0 Å². The Morgan fingerprint density at radius 3 is 2.29 bits per heavy atom. The van der Waals surface area contributed by atoms with E-state index in [9.17, 15) is 9.59 Å². The number of likely N-dealkylation sites (tertiary alicyclic amines) is 1. The number of piperidine rings is 2. The second kappa shape index (κ2) is 9.94. The summed E-state index contributed by atoms with van der Waals surface area (Å²) in [6, 6.07) is 1.81. The molecule has 0 saturated carbocycles. The lowest BCUT2D eigenvalue weighted by molar-refractivity contribution is -0.139. The molecule has 1 aromatic heterocycles. The van der Waals surface area contributed by atoms with Gasteiger partial charge in [-0.05, 0) is 37.2 Å². The van der Waals surface area contributed by atoms with Gasteiger partial charge in [-0.15, -0.1) is 0 Å². The van der Waals surface area contributed by atoms with E-state index in [4.69, 9.17) is 0 Å². The molecule has 3 saturated heterocycles. The van der Waals surface area contributed by atoms with Gasteiger partial charge in [-0.3, -0.25) is 14.5 Å². The Bertz CT molecular complexity index is 742. The SMILES string of the molecule is C[C@@H]1C[C@@H](C)CN(C(=O)CN2CCN(C(=O)[C@@H]3CCCN(c4ncccn4)C3)CC2)C1. The number of aromatic nitrogens is 2. The van der Waals surface area contributed by atoms with Gasteiger partial charge in [-0.1, -0.05) is 13.8 Å². The summed E-state index contributed by atoms with van der Waals surface area (Å²) in [7, 11) is 0. The van der Waals surface area contributed by atoms with Crippen molar-refractivity contribution in [2.24, 2.45) is 17.8 Å². The van der Waals surface area contributed by atoms with Crippen LogP contribution in [0.15, 0.2) is 18.5 Å². The zero-order valence-corrected chi connectivity index (χ0v) is 18.9. The monoisotopic (exact) mass is 428 g/mol. The largest absolute Gasteiger partial charge is 0.341 e. The summed E-state index contributed by atoms with van der Waals surface area (Å²) in [6.07, 6.45) is 6.61. The number of carbonyl (C=O) groups is 2. The van der Waals surface area contributed by atoms with E-state index in [2.05, 4.69) is 33.6 Å². The van der Waals surface area contributed by atoms with E-state index in [0.717, 1.165) is 45.6 Å². The van der Waals surface area contributed by atoms with Gasteiger partial charge in [0.25, 0.3) is 0 Å². The van der Waals surface area contributed by atoms with Gasteiger partial charge in [0.2, 0.25) is 17.8 Å². The van der Waals surface area contributed by atoms with Crippen molar-refractivity contribution in [3.05, 3.63) is 18.5 Å². The Morgan fingerprint density at radius 2 is 1.61 bits per heavy atom. The van der Waals surface area contributed by atoms with Crippen LogP contribution in [0.2, 0.25) is 0 Å². The highest BCUT2D eigenvalue weighted by molar-refractivity contribution is 5.80. The normalized spacial score (nSPS) is 27.9. The third kappa shape index (κ3) is 5.53. The van der Waals surface area contributed by atoms with Crippen molar-refractivity contribution in [1.29, 1.82) is 0 Å². The van der Waals surface area contributed by atoms with Gasteiger partial charge in [0.05, 0.1) is 12.5 Å². The highest BCUT2D eigenvalue weighted by atomic mass is 16.2. The molecular weight excluding hydrogens is 392 g/mol. The van der Waals surface area contributed by atoms with Crippen LogP contribution >= 0.6 is 0 Å². The molecule has 8 nitrogen and oxygen atoms in total. The maximum atomic E-state index is 13.1. The van der Waals surface area contributed by atoms with Crippen molar-refractivity contribution in [2.75, 3.05) is 63.8 Å². The fourth-order valence-electron chi connectivity index (χ4n) is 5.36. The van der Waals surface area contributed by atoms with Crippen molar-refractivity contribution in [3.8, 4) is 0 Å². The van der Waals surface area contributed by atoms with Crippen molar-refractivity contribution < 1.29 is 9.59 Å². The molecule has 0 aromatic carbocycles. The fourth-order valence-corrected chi connectivity index (χ4v) is 5.36. The minimum atomic E-state index is 0.00191. The van der Waals surface area contributed by atoms with Crippen LogP contribution in [0.4, 0.5) is 5.95 Å². The highest BCUT2D eigenvalue weighted by Gasteiger charge is 2.33. The second-order valence-corrected chi connectivity index (χ2v) is 9.68. The molecule has 0 unspecified atom stereocenters. The van der Waals surface area contributed by atoms with Gasteiger partial charge < -0.3 is 14.7 Å². The molecule has 3 aliphatic rings. The lowest BCUT2D eigenvalue weighted by Gasteiger charge is -2.40. The molecule has 0 spiro atoms. The number of amides is 2. The standard InChI is InChI=1S/C23H36N6O2/c1-18-13-19(2)15-29(14-18)21(30)17-26-9-11-27(12-10-26)22(31)20-5-3-8-28(16-20)23-24-6-4-7-25-23/h4,6-7,18-20H,3,5,8-17H2,1-2H3/t18-,19-,20-/m1/s1. The van der Waals surface area contributed by atoms with E-state index in [0.29, 0.717) is 44.0 Å². The molecule has 4 rings (SSSR count). The first-order valence-electron chi connectivity index (χ1n) is 11.8. The van der Waals surface area contributed by atoms with Gasteiger partial charge in [-0.25, -0.2) is 9.97 Å². The topological polar surface area (TPSA) is 72.9 Å². The number of hydrogen-bond donors (Lipinski definition) is 0. The lowest BCUT2D eigenvalue weighted by atomic mass is 9.92. The Balaban J connectivity index is 1.24. The third-order valence-electron chi connectivity index (χ3n) is 6.87. The Labute approximate surface area is 185 Å². The van der Waals surface area contributed by atoms with Crippen LogP contribution in [0.25, 0.3) is 0 Å². The summed E-state index contributed by atoms with van der Waals surface area (Å²) in [5.41, 5.74) is 0. The molecular formula is C23H36N6O2. The van der Waals surface area contributed by atoms with Crippen LogP contribution < -0.4 is 4.90 Å². The average Bonchev–Trinajstić information content (AvgIpc) is 2.79. The molecule has 31 heavy (non-hydrogen) atoms. The van der Waals surface area contributed by atoms with Crippen LogP contribution in [-0.4, -0.2) is 95.4 Å². The summed E-state index contributed by atoms with van der Waals surface area (Å²) in [5.74, 6) is 2.36. The smallest absolute Gasteiger partial charge is 0.236 e. The summed E-state index contributed by atoms with van der Waals surface area (Å²) in [4.78, 5) is 43.0. The minimum absolute atomic E-state index is 0.00191. The molecule has 1 aromatic rings. The van der Waals surface area contributed by atoms with Crippen LogP contribution in [0.5, 0.6) is 0 Å². The summed E-state index contributed by atoms with van der Waals surface area (Å²) in [6.45, 7) is 11.2. The van der Waals surface area contributed by atoms with Crippen molar-refractivity contribution in [3.63, 3.8) is 0 Å². The highest BCUT2D eigenvalue weighted by Crippen LogP contribution is 2.23. The van der Waals surface area contributed by atoms with E-state index in [1.807, 2.05) is 15.9 Å². The van der Waals surface area contributed by atoms with Gasteiger partial charge in [0.1, 0.15) is 0 Å². The molecule has 3 atom stereocenters. The lowest BCUT2D eigenvalue weighted by Crippen LogP contribution is -2.55. The maximum Gasteiger partial charge on any atom is 0.236 e. The Morgan fingerprint density at radius 1 is 0.935 bits per heavy atom. The Hall–Kier alpha value is -2.22. The van der Waals surface area contributed by atoms with Gasteiger partial charge in [-0.2, -0.15) is 0 Å². The van der Waals surface area contributed by atoms with Crippen LogP contribution in [0.1, 0.15) is 33.1 Å². The number of hydrogen-bond acceptors (Lipinski definition) is 6. The van der Waals surface area contributed by atoms with E-state index in [1.54, 1.807) is 12.4 Å². The van der Waals surface area contributed by atoms with Crippen molar-refractivity contribution in [1.82, 2.24) is 24.7 Å². The number of anilines is 1. The molecule has 2 amide bonds. The fraction of sp³-hybridized carbons (Fsp3) is 0.739. The first kappa shape index (κ1) is 22.0. The molecule has 0 bridgehead atoms. The third-order valence-corrected chi connectivity index (χ3v) is 6.87. The molecule has 3 aliphatic heterocycles. The predicted molar refractivity (Wildman–Crippen MR) is 120 cm³/mol. The molecule has 0 N–H and O–H groups in total. The van der Waals surface area contributed by atoms with Crippen LogP contribution in [-0.2, 0) is 9.59 Å². The molecule has 8 heteroatoms. The minimum Gasteiger partial charge on any atom is -0.341 e. The van der Waals surface area contributed by atoms with Gasteiger partial charge >= 0.3 is 0 Å². The van der Waals surface area contributed by atoms with E-state index in [-0.39, 0.29) is 17.7 Å². The van der Waals surface area contributed by atoms with Crippen molar-refractivity contribution >= 4 is 17.8 Å². The van der Waals surface area contributed by atoms with E-state index in [1.165, 1.54) is 6.42 Å². The summed E-state index contributed by atoms with van der Waals surface area (Å²) < 4.78 is 0. The second-order valence-electron chi connectivity index (χ2n) is 9.68.